The second-order valence-corrected chi connectivity index (χ2v) is 10.8. The Labute approximate surface area is 231 Å². The first-order valence-corrected chi connectivity index (χ1v) is 13.2. The highest BCUT2D eigenvalue weighted by Gasteiger charge is 2.30. The van der Waals surface area contributed by atoms with Gasteiger partial charge in [0, 0.05) is 30.4 Å². The van der Waals surface area contributed by atoms with Crippen molar-refractivity contribution in [2.24, 2.45) is 11.1 Å². The molecule has 1 amide bonds. The molecule has 1 aliphatic heterocycles. The van der Waals surface area contributed by atoms with Crippen LogP contribution in [0.3, 0.4) is 0 Å². The number of nitrogen functional groups attached to an aromatic ring is 1. The third kappa shape index (κ3) is 5.30. The van der Waals surface area contributed by atoms with Crippen molar-refractivity contribution in [1.82, 2.24) is 29.5 Å². The summed E-state index contributed by atoms with van der Waals surface area (Å²) in [5, 5.41) is 21.9. The molecule has 0 unspecified atom stereocenters. The third-order valence-corrected chi connectivity index (χ3v) is 8.24. The van der Waals surface area contributed by atoms with Gasteiger partial charge in [-0.15, -0.1) is 10.2 Å². The number of aromatic hydroxyl groups is 1. The van der Waals surface area contributed by atoms with Gasteiger partial charge in [-0.05, 0) is 36.9 Å². The van der Waals surface area contributed by atoms with Crippen molar-refractivity contribution < 1.29 is 9.90 Å². The average Bonchev–Trinajstić information content (AvgIpc) is 2.92. The topological polar surface area (TPSA) is 191 Å². The Kier molecular flexibility index (Phi) is 7.25. The summed E-state index contributed by atoms with van der Waals surface area (Å²) in [6.07, 6.45) is 5.85. The average molecular weight is 569 g/mol. The van der Waals surface area contributed by atoms with Crippen LogP contribution in [0, 0.1) is 5.41 Å². The van der Waals surface area contributed by atoms with E-state index in [2.05, 4.69) is 37.4 Å². The van der Waals surface area contributed by atoms with Crippen molar-refractivity contribution in [3.05, 3.63) is 57.7 Å². The molecule has 0 spiro atoms. The van der Waals surface area contributed by atoms with Gasteiger partial charge < -0.3 is 26.8 Å². The monoisotopic (exact) mass is 568 g/mol. The number of nitrogens with two attached hydrogens (primary N) is 2. The molecule has 1 saturated heterocycles. The molecule has 15 heteroatoms. The first-order chi connectivity index (χ1) is 18.7. The van der Waals surface area contributed by atoms with Crippen LogP contribution in [0.2, 0.25) is 5.02 Å². The predicted molar refractivity (Wildman–Crippen MR) is 147 cm³/mol. The van der Waals surface area contributed by atoms with Crippen LogP contribution in [0.25, 0.3) is 5.65 Å². The summed E-state index contributed by atoms with van der Waals surface area (Å²) in [6, 6.07) is 4.93. The second kappa shape index (κ2) is 10.6. The molecule has 13 nitrogen and oxygen atoms in total. The van der Waals surface area contributed by atoms with Crippen LogP contribution in [0.1, 0.15) is 30.1 Å². The minimum absolute atomic E-state index is 0.0978. The maximum Gasteiger partial charge on any atom is 0.274 e. The molecule has 0 radical (unpaired) electrons. The van der Waals surface area contributed by atoms with E-state index in [-0.39, 0.29) is 27.6 Å². The standard InChI is InChI=1S/C24H25ClN10O3S/c1-24(12-26)5-8-34(9-6-24)23-31-18(27)21(32-33-23)39-14-4-2-3-13(17(14)25)29-19(36)16-20(37)30-15-11-28-7-10-35(15)22(16)38/h2-4,7,10-11,37H,5-6,8-9,12,26H2,1H3,(H,29,36)(H2,27,31,33). The van der Waals surface area contributed by atoms with Gasteiger partial charge in [0.15, 0.2) is 22.1 Å². The summed E-state index contributed by atoms with van der Waals surface area (Å²) in [5.74, 6) is -0.952. The minimum atomic E-state index is -0.877. The van der Waals surface area contributed by atoms with Gasteiger partial charge in [-0.25, -0.2) is 0 Å². The molecule has 39 heavy (non-hydrogen) atoms. The zero-order valence-electron chi connectivity index (χ0n) is 20.8. The number of carbonyl (C=O) groups is 1. The predicted octanol–water partition coefficient (Wildman–Crippen LogP) is 2.18. The number of amides is 1. The summed E-state index contributed by atoms with van der Waals surface area (Å²) < 4.78 is 1.11. The lowest BCUT2D eigenvalue weighted by Crippen LogP contribution is -2.43. The van der Waals surface area contributed by atoms with Gasteiger partial charge in [0.2, 0.25) is 11.8 Å². The molecule has 3 aromatic heterocycles. The molecule has 0 aliphatic carbocycles. The number of nitrogens with zero attached hydrogens (tertiary/aromatic N) is 7. The SMILES string of the molecule is CC1(CN)CCN(c2nnc(Sc3cccc(NC(=O)c4c(O)nc5cnccn5c4=O)c3Cl)c(N)n2)CC1. The number of benzene rings is 1. The Hall–Kier alpha value is -4.01. The lowest BCUT2D eigenvalue weighted by Gasteiger charge is -2.38. The molecular weight excluding hydrogens is 544 g/mol. The Morgan fingerprint density at radius 3 is 2.74 bits per heavy atom. The van der Waals surface area contributed by atoms with Gasteiger partial charge in [0.05, 0.1) is 16.9 Å². The first kappa shape index (κ1) is 26.6. The smallest absolute Gasteiger partial charge is 0.274 e. The number of rotatable bonds is 6. The van der Waals surface area contributed by atoms with Gasteiger partial charge in [-0.1, -0.05) is 36.4 Å². The Balaban J connectivity index is 1.34. The van der Waals surface area contributed by atoms with E-state index in [0.29, 0.717) is 22.4 Å². The Morgan fingerprint density at radius 2 is 2.03 bits per heavy atom. The molecule has 1 fully saturated rings. The molecule has 1 aromatic carbocycles. The fourth-order valence-electron chi connectivity index (χ4n) is 4.14. The maximum atomic E-state index is 13.0. The van der Waals surface area contributed by atoms with Crippen molar-refractivity contribution in [3.63, 3.8) is 0 Å². The van der Waals surface area contributed by atoms with E-state index in [1.165, 1.54) is 18.6 Å². The number of halogens is 1. The van der Waals surface area contributed by atoms with Crippen LogP contribution < -0.4 is 27.2 Å². The highest BCUT2D eigenvalue weighted by Crippen LogP contribution is 2.39. The van der Waals surface area contributed by atoms with Gasteiger partial charge in [-0.2, -0.15) is 9.97 Å². The van der Waals surface area contributed by atoms with Gasteiger partial charge in [0.25, 0.3) is 11.5 Å². The van der Waals surface area contributed by atoms with Crippen LogP contribution in [0.4, 0.5) is 17.5 Å². The maximum absolute atomic E-state index is 13.0. The van der Waals surface area contributed by atoms with Gasteiger partial charge in [-0.3, -0.25) is 19.0 Å². The highest BCUT2D eigenvalue weighted by molar-refractivity contribution is 7.99. The zero-order chi connectivity index (χ0) is 27.7. The molecule has 4 aromatic rings. The van der Waals surface area contributed by atoms with Gasteiger partial charge in [0.1, 0.15) is 0 Å². The number of fused-ring (bicyclic) bond motifs is 1. The summed E-state index contributed by atoms with van der Waals surface area (Å²) in [5.41, 5.74) is 11.2. The molecule has 202 valence electrons. The van der Waals surface area contributed by atoms with E-state index in [9.17, 15) is 14.7 Å². The number of piperidine rings is 1. The molecule has 4 heterocycles. The van der Waals surface area contributed by atoms with E-state index >= 15 is 0 Å². The summed E-state index contributed by atoms with van der Waals surface area (Å²) >= 11 is 7.71. The lowest BCUT2D eigenvalue weighted by molar-refractivity contribution is 0.102. The van der Waals surface area contributed by atoms with E-state index < -0.39 is 22.9 Å². The quantitative estimate of drug-likeness (QED) is 0.265. The highest BCUT2D eigenvalue weighted by atomic mass is 35.5. The molecule has 1 aliphatic rings. The van der Waals surface area contributed by atoms with Crippen molar-refractivity contribution in [3.8, 4) is 5.88 Å². The number of anilines is 3. The number of hydrogen-bond acceptors (Lipinski definition) is 12. The first-order valence-electron chi connectivity index (χ1n) is 12.0. The van der Waals surface area contributed by atoms with E-state index in [1.807, 2.05) is 4.90 Å². The largest absolute Gasteiger partial charge is 0.493 e. The molecule has 5 rings (SSSR count). The van der Waals surface area contributed by atoms with Crippen LogP contribution in [-0.2, 0) is 0 Å². The van der Waals surface area contributed by atoms with Crippen LogP contribution >= 0.6 is 23.4 Å². The number of hydrogen-bond donors (Lipinski definition) is 4. The normalized spacial score (nSPS) is 14.9. The lowest BCUT2D eigenvalue weighted by atomic mass is 9.81. The Morgan fingerprint density at radius 1 is 1.26 bits per heavy atom. The van der Waals surface area contributed by atoms with Crippen LogP contribution in [0.15, 0.2) is 51.5 Å². The summed E-state index contributed by atoms with van der Waals surface area (Å²) in [4.78, 5) is 40.5. The second-order valence-electron chi connectivity index (χ2n) is 9.40. The molecule has 0 saturated carbocycles. The van der Waals surface area contributed by atoms with E-state index in [0.717, 1.165) is 42.1 Å². The van der Waals surface area contributed by atoms with Crippen molar-refractivity contribution in [2.45, 2.75) is 29.7 Å². The van der Waals surface area contributed by atoms with E-state index in [1.54, 1.807) is 18.2 Å². The van der Waals surface area contributed by atoms with Crippen molar-refractivity contribution >= 4 is 52.4 Å². The zero-order valence-corrected chi connectivity index (χ0v) is 22.4. The molecule has 0 atom stereocenters. The van der Waals surface area contributed by atoms with Gasteiger partial charge >= 0.3 is 0 Å². The van der Waals surface area contributed by atoms with Crippen molar-refractivity contribution in [1.29, 1.82) is 0 Å². The molecule has 6 N–H and O–H groups in total. The van der Waals surface area contributed by atoms with E-state index in [4.69, 9.17) is 23.1 Å². The summed E-state index contributed by atoms with van der Waals surface area (Å²) in [7, 11) is 0. The third-order valence-electron chi connectivity index (χ3n) is 6.68. The molecular formula is C24H25ClN10O3S. The number of nitrogens with one attached hydrogen (secondary N) is 1. The minimum Gasteiger partial charge on any atom is -0.493 e. The fourth-order valence-corrected chi connectivity index (χ4v) is 5.21. The van der Waals surface area contributed by atoms with Crippen molar-refractivity contribution in [2.75, 3.05) is 35.6 Å². The molecule has 0 bridgehead atoms. The fraction of sp³-hybridized carbons (Fsp3) is 0.292. The Bertz CT molecular complexity index is 1620. The van der Waals surface area contributed by atoms with Crippen LogP contribution in [-0.4, -0.2) is 60.2 Å². The van der Waals surface area contributed by atoms with Crippen LogP contribution in [0.5, 0.6) is 5.88 Å². The summed E-state index contributed by atoms with van der Waals surface area (Å²) in [6.45, 7) is 4.33. The number of aromatic nitrogens is 6. The number of carbonyl (C=O) groups excluding carboxylic acids is 1.